The predicted molar refractivity (Wildman–Crippen MR) is 103 cm³/mol. The van der Waals surface area contributed by atoms with Crippen molar-refractivity contribution in [2.45, 2.75) is 45.7 Å². The predicted octanol–water partition coefficient (Wildman–Crippen LogP) is 2.62. The average molecular weight is 399 g/mol. The molecule has 1 aliphatic heterocycles. The van der Waals surface area contributed by atoms with E-state index in [1.54, 1.807) is 0 Å². The molecule has 7 nitrogen and oxygen atoms in total. The molecule has 1 atom stereocenters. The lowest BCUT2D eigenvalue weighted by atomic mass is 9.95. The van der Waals surface area contributed by atoms with Crippen LogP contribution in [0, 0.1) is 5.92 Å². The molecule has 1 aromatic carbocycles. The van der Waals surface area contributed by atoms with E-state index in [2.05, 4.69) is 36.2 Å². The topological polar surface area (TPSA) is 107 Å². The third-order valence-electron chi connectivity index (χ3n) is 4.46. The number of nitrogens with zero attached hydrogens (tertiary/aromatic N) is 1. The van der Waals surface area contributed by atoms with Gasteiger partial charge in [0.15, 0.2) is 0 Å². The van der Waals surface area contributed by atoms with Crippen molar-refractivity contribution in [1.29, 1.82) is 0 Å². The zero-order chi connectivity index (χ0) is 20.4. The molecule has 0 radical (unpaired) electrons. The van der Waals surface area contributed by atoms with Crippen LogP contribution in [0.1, 0.15) is 38.7 Å². The van der Waals surface area contributed by atoms with Crippen molar-refractivity contribution in [2.75, 3.05) is 13.1 Å². The van der Waals surface area contributed by atoms with Crippen LogP contribution < -0.4 is 5.32 Å². The second-order valence-electron chi connectivity index (χ2n) is 6.61. The molecule has 1 amide bonds. The summed E-state index contributed by atoms with van der Waals surface area (Å²) in [4.78, 5) is 32.7. The smallest absolute Gasteiger partial charge is 0.414 e. The Morgan fingerprint density at radius 2 is 1.67 bits per heavy atom. The van der Waals surface area contributed by atoms with Crippen molar-refractivity contribution < 1.29 is 24.6 Å². The molecule has 2 rings (SSSR count). The number of hydrogen-bond acceptors (Lipinski definition) is 4. The lowest BCUT2D eigenvalue weighted by Crippen LogP contribution is -2.42. The van der Waals surface area contributed by atoms with Crippen LogP contribution in [-0.4, -0.2) is 52.1 Å². The zero-order valence-corrected chi connectivity index (χ0v) is 16.4. The fourth-order valence-corrected chi connectivity index (χ4v) is 2.79. The summed E-state index contributed by atoms with van der Waals surface area (Å²) in [7, 11) is 0. The second kappa shape index (κ2) is 11.6. The highest BCUT2D eigenvalue weighted by Crippen LogP contribution is 2.20. The first-order valence-corrected chi connectivity index (χ1v) is 9.34. The van der Waals surface area contributed by atoms with Crippen LogP contribution in [0.25, 0.3) is 0 Å². The number of carboxylic acids is 2. The Kier molecular flexibility index (Phi) is 9.82. The number of piperidine rings is 1. The highest BCUT2D eigenvalue weighted by Gasteiger charge is 2.25. The number of hydrogen-bond donors (Lipinski definition) is 3. The van der Waals surface area contributed by atoms with Gasteiger partial charge in [-0.15, -0.1) is 0 Å². The Bertz CT molecular complexity index is 615. The van der Waals surface area contributed by atoms with Crippen LogP contribution in [0.3, 0.4) is 0 Å². The highest BCUT2D eigenvalue weighted by atomic mass is 35.5. The van der Waals surface area contributed by atoms with Gasteiger partial charge in [0.25, 0.3) is 0 Å². The minimum absolute atomic E-state index is 0.181. The zero-order valence-electron chi connectivity index (χ0n) is 15.7. The van der Waals surface area contributed by atoms with Crippen LogP contribution in [0.15, 0.2) is 24.3 Å². The molecular formula is C19H27ClN2O5. The number of likely N-dealkylation sites (tertiary alicyclic amines) is 1. The molecule has 3 N–H and O–H groups in total. The fraction of sp³-hybridized carbons (Fsp3) is 0.526. The molecule has 1 unspecified atom stereocenters. The number of rotatable bonds is 5. The van der Waals surface area contributed by atoms with Gasteiger partial charge >= 0.3 is 11.9 Å². The number of benzene rings is 1. The maximum Gasteiger partial charge on any atom is 0.414 e. The van der Waals surface area contributed by atoms with Crippen LogP contribution in [-0.2, 0) is 20.9 Å². The summed E-state index contributed by atoms with van der Waals surface area (Å²) in [6, 6.07) is 8.30. The van der Waals surface area contributed by atoms with Gasteiger partial charge in [0.2, 0.25) is 5.91 Å². The highest BCUT2D eigenvalue weighted by molar-refractivity contribution is 6.30. The minimum Gasteiger partial charge on any atom is -0.473 e. The van der Waals surface area contributed by atoms with E-state index < -0.39 is 11.9 Å². The molecule has 1 saturated heterocycles. The molecule has 27 heavy (non-hydrogen) atoms. The van der Waals surface area contributed by atoms with Crippen molar-refractivity contribution >= 4 is 29.4 Å². The number of carboxylic acid groups (broad SMARTS) is 2. The first-order chi connectivity index (χ1) is 12.7. The van der Waals surface area contributed by atoms with Gasteiger partial charge in [0.05, 0.1) is 0 Å². The van der Waals surface area contributed by atoms with E-state index >= 15 is 0 Å². The second-order valence-corrected chi connectivity index (χ2v) is 7.04. The molecule has 8 heteroatoms. The molecule has 0 bridgehead atoms. The summed E-state index contributed by atoms with van der Waals surface area (Å²) < 4.78 is 0. The number of nitrogens with one attached hydrogen (secondary N) is 1. The van der Waals surface area contributed by atoms with Crippen LogP contribution >= 0.6 is 11.6 Å². The van der Waals surface area contributed by atoms with E-state index in [0.29, 0.717) is 0 Å². The van der Waals surface area contributed by atoms with Gasteiger partial charge in [0, 0.05) is 23.5 Å². The van der Waals surface area contributed by atoms with Gasteiger partial charge in [0.1, 0.15) is 0 Å². The maximum atomic E-state index is 12.1. The summed E-state index contributed by atoms with van der Waals surface area (Å²) in [5.74, 6) is -3.24. The van der Waals surface area contributed by atoms with Crippen molar-refractivity contribution in [3.63, 3.8) is 0 Å². The van der Waals surface area contributed by atoms with Gasteiger partial charge in [-0.2, -0.15) is 0 Å². The molecule has 1 aliphatic rings. The lowest BCUT2D eigenvalue weighted by Gasteiger charge is -2.31. The standard InChI is InChI=1S/C17H25ClN2O.C2H2O4/c1-3-13(2)19-17(21)15-8-10-20(11-9-15)12-14-4-6-16(18)7-5-14;3-1(4)2(5)6/h4-7,13,15H,3,8-12H2,1-2H3,(H,19,21);(H,3,4)(H,5,6). The molecular weight excluding hydrogens is 372 g/mol. The summed E-state index contributed by atoms with van der Waals surface area (Å²) in [6.07, 6.45) is 2.90. The Balaban J connectivity index is 0.000000527. The number of carbonyl (C=O) groups is 3. The van der Waals surface area contributed by atoms with Gasteiger partial charge in [-0.1, -0.05) is 30.7 Å². The van der Waals surface area contributed by atoms with Crippen LogP contribution in [0.2, 0.25) is 5.02 Å². The van der Waals surface area contributed by atoms with Crippen molar-refractivity contribution in [3.8, 4) is 0 Å². The first kappa shape index (κ1) is 22.9. The summed E-state index contributed by atoms with van der Waals surface area (Å²) in [5, 5.41) is 18.7. The van der Waals surface area contributed by atoms with E-state index in [0.717, 1.165) is 43.9 Å². The normalized spacial score (nSPS) is 16.0. The summed E-state index contributed by atoms with van der Waals surface area (Å²) in [5.41, 5.74) is 1.28. The van der Waals surface area contributed by atoms with E-state index in [1.165, 1.54) is 5.56 Å². The van der Waals surface area contributed by atoms with Crippen molar-refractivity contribution in [2.24, 2.45) is 5.92 Å². The third kappa shape index (κ3) is 8.88. The van der Waals surface area contributed by atoms with Gasteiger partial charge < -0.3 is 15.5 Å². The van der Waals surface area contributed by atoms with Gasteiger partial charge in [-0.05, 0) is 57.0 Å². The Hall–Kier alpha value is -2.12. The first-order valence-electron chi connectivity index (χ1n) is 8.96. The molecule has 0 spiro atoms. The maximum absolute atomic E-state index is 12.1. The molecule has 150 valence electrons. The van der Waals surface area contributed by atoms with Gasteiger partial charge in [-0.3, -0.25) is 9.69 Å². The summed E-state index contributed by atoms with van der Waals surface area (Å²) in [6.45, 7) is 7.08. The number of aliphatic carboxylic acids is 2. The SMILES string of the molecule is CCC(C)NC(=O)C1CCN(Cc2ccc(Cl)cc2)CC1.O=C(O)C(=O)O. The summed E-state index contributed by atoms with van der Waals surface area (Å²) >= 11 is 5.90. The molecule has 0 aromatic heterocycles. The molecule has 1 heterocycles. The third-order valence-corrected chi connectivity index (χ3v) is 4.71. The number of halogens is 1. The van der Waals surface area contributed by atoms with E-state index in [9.17, 15) is 4.79 Å². The Morgan fingerprint density at radius 1 is 1.15 bits per heavy atom. The Morgan fingerprint density at radius 3 is 2.11 bits per heavy atom. The van der Waals surface area contributed by atoms with E-state index in [1.807, 2.05) is 12.1 Å². The largest absolute Gasteiger partial charge is 0.473 e. The minimum atomic E-state index is -1.82. The molecule has 0 saturated carbocycles. The Labute approximate surface area is 164 Å². The van der Waals surface area contributed by atoms with Gasteiger partial charge in [-0.25, -0.2) is 9.59 Å². The number of carbonyl (C=O) groups excluding carboxylic acids is 1. The fourth-order valence-electron chi connectivity index (χ4n) is 2.66. The van der Waals surface area contributed by atoms with Crippen LogP contribution in [0.5, 0.6) is 0 Å². The van der Waals surface area contributed by atoms with E-state index in [4.69, 9.17) is 31.4 Å². The quantitative estimate of drug-likeness (QED) is 0.658. The molecule has 1 fully saturated rings. The molecule has 0 aliphatic carbocycles. The monoisotopic (exact) mass is 398 g/mol. The molecule has 1 aromatic rings. The average Bonchev–Trinajstić information content (AvgIpc) is 2.64. The number of amides is 1. The van der Waals surface area contributed by atoms with E-state index in [-0.39, 0.29) is 17.9 Å². The lowest BCUT2D eigenvalue weighted by molar-refractivity contribution is -0.159. The van der Waals surface area contributed by atoms with Crippen LogP contribution in [0.4, 0.5) is 0 Å². The van der Waals surface area contributed by atoms with Crippen molar-refractivity contribution in [1.82, 2.24) is 10.2 Å². The van der Waals surface area contributed by atoms with Crippen molar-refractivity contribution in [3.05, 3.63) is 34.9 Å².